The number of nitrogens with one attached hydrogen (secondary N) is 2. The van der Waals surface area contributed by atoms with E-state index in [0.717, 1.165) is 5.70 Å². The minimum Gasteiger partial charge on any atom is -0.362 e. The van der Waals surface area contributed by atoms with Crippen molar-refractivity contribution >= 4 is 23.1 Å². The third kappa shape index (κ3) is 3.96. The number of ketones is 1. The van der Waals surface area contributed by atoms with Gasteiger partial charge in [-0.3, -0.25) is 19.7 Å². The first-order chi connectivity index (χ1) is 14.8. The van der Waals surface area contributed by atoms with Crippen molar-refractivity contribution in [1.82, 2.24) is 5.32 Å². The molecular formula is C23H20FN3O4. The van der Waals surface area contributed by atoms with E-state index < -0.39 is 22.6 Å². The molecule has 2 N–H and O–H groups in total. The zero-order chi connectivity index (χ0) is 22.1. The average molecular weight is 421 g/mol. The summed E-state index contributed by atoms with van der Waals surface area (Å²) in [4.78, 5) is 37.0. The summed E-state index contributed by atoms with van der Waals surface area (Å²) in [5.74, 6) is -1.84. The van der Waals surface area contributed by atoms with Gasteiger partial charge in [0.2, 0.25) is 0 Å². The van der Waals surface area contributed by atoms with Gasteiger partial charge in [-0.2, -0.15) is 0 Å². The number of benzene rings is 2. The molecule has 8 heteroatoms. The fourth-order valence-electron chi connectivity index (χ4n) is 4.20. The van der Waals surface area contributed by atoms with Crippen molar-refractivity contribution in [3.05, 3.63) is 92.6 Å². The first-order valence-electron chi connectivity index (χ1n) is 9.90. The highest BCUT2D eigenvalue weighted by atomic mass is 19.1. The number of carbonyl (C=O) groups is 2. The number of nitro groups is 1. The Morgan fingerprint density at radius 1 is 1.19 bits per heavy atom. The van der Waals surface area contributed by atoms with Crippen LogP contribution in [0.1, 0.15) is 37.7 Å². The van der Waals surface area contributed by atoms with Gasteiger partial charge >= 0.3 is 0 Å². The second kappa shape index (κ2) is 8.14. The van der Waals surface area contributed by atoms with Crippen molar-refractivity contribution in [2.75, 3.05) is 5.32 Å². The van der Waals surface area contributed by atoms with Crippen molar-refractivity contribution < 1.29 is 18.9 Å². The molecule has 0 bridgehead atoms. The minimum absolute atomic E-state index is 0.0891. The van der Waals surface area contributed by atoms with Gasteiger partial charge in [0.1, 0.15) is 5.82 Å². The van der Waals surface area contributed by atoms with Gasteiger partial charge in [-0.15, -0.1) is 0 Å². The lowest BCUT2D eigenvalue weighted by atomic mass is 9.75. The molecule has 4 rings (SSSR count). The molecular weight excluding hydrogens is 401 g/mol. The lowest BCUT2D eigenvalue weighted by molar-refractivity contribution is -0.384. The Hall–Kier alpha value is -3.81. The number of non-ortho nitro benzene ring substituents is 1. The molecule has 7 nitrogen and oxygen atoms in total. The number of carbonyl (C=O) groups excluding carboxylic acids is 2. The van der Waals surface area contributed by atoms with Gasteiger partial charge in [-0.25, -0.2) is 4.39 Å². The highest BCUT2D eigenvalue weighted by Crippen LogP contribution is 2.43. The number of dihydropyridines is 1. The Labute approximate surface area is 177 Å². The van der Waals surface area contributed by atoms with Crippen molar-refractivity contribution in [2.45, 2.75) is 32.1 Å². The van der Waals surface area contributed by atoms with Crippen molar-refractivity contribution in [2.24, 2.45) is 0 Å². The number of hydrogen-bond donors (Lipinski definition) is 2. The van der Waals surface area contributed by atoms with Crippen LogP contribution in [0.2, 0.25) is 0 Å². The van der Waals surface area contributed by atoms with Crippen LogP contribution in [0.15, 0.2) is 71.1 Å². The molecule has 31 heavy (non-hydrogen) atoms. The van der Waals surface area contributed by atoms with Gasteiger partial charge in [0.15, 0.2) is 5.78 Å². The molecule has 2 aliphatic rings. The number of Topliss-reactive ketones (excluding diaryl/α,β-unsaturated/α-hetero) is 1. The number of amides is 1. The van der Waals surface area contributed by atoms with Crippen LogP contribution in [-0.2, 0) is 9.59 Å². The average Bonchev–Trinajstić information content (AvgIpc) is 2.73. The summed E-state index contributed by atoms with van der Waals surface area (Å²) in [6.07, 6.45) is 1.71. The number of halogens is 1. The maximum Gasteiger partial charge on any atom is 0.269 e. The molecule has 0 fully saturated rings. The van der Waals surface area contributed by atoms with Crippen LogP contribution in [0.25, 0.3) is 0 Å². The summed E-state index contributed by atoms with van der Waals surface area (Å²) < 4.78 is 13.6. The van der Waals surface area contributed by atoms with Crippen LogP contribution in [-0.4, -0.2) is 16.6 Å². The first-order valence-corrected chi connectivity index (χ1v) is 9.90. The van der Waals surface area contributed by atoms with Gasteiger partial charge in [-0.05, 0) is 43.5 Å². The van der Waals surface area contributed by atoms with E-state index in [9.17, 15) is 24.1 Å². The molecule has 1 aliphatic heterocycles. The quantitative estimate of drug-likeness (QED) is 0.565. The molecule has 1 aliphatic carbocycles. The monoisotopic (exact) mass is 421 g/mol. The van der Waals surface area contributed by atoms with E-state index in [2.05, 4.69) is 10.6 Å². The zero-order valence-corrected chi connectivity index (χ0v) is 16.8. The van der Waals surface area contributed by atoms with E-state index in [1.807, 2.05) is 0 Å². The minimum atomic E-state index is -0.752. The summed E-state index contributed by atoms with van der Waals surface area (Å²) in [7, 11) is 0. The van der Waals surface area contributed by atoms with Crippen LogP contribution in [0.5, 0.6) is 0 Å². The Kier molecular flexibility index (Phi) is 5.37. The molecule has 0 saturated heterocycles. The predicted molar refractivity (Wildman–Crippen MR) is 113 cm³/mol. The largest absolute Gasteiger partial charge is 0.362 e. The summed E-state index contributed by atoms with van der Waals surface area (Å²) in [6, 6.07) is 11.5. The van der Waals surface area contributed by atoms with E-state index in [1.54, 1.807) is 25.1 Å². The highest BCUT2D eigenvalue weighted by Gasteiger charge is 2.38. The number of anilines is 1. The van der Waals surface area contributed by atoms with Crippen LogP contribution in [0, 0.1) is 15.9 Å². The lowest BCUT2D eigenvalue weighted by Gasteiger charge is -2.34. The number of rotatable bonds is 4. The van der Waals surface area contributed by atoms with Crippen molar-refractivity contribution in [3.8, 4) is 0 Å². The van der Waals surface area contributed by atoms with Gasteiger partial charge in [-0.1, -0.05) is 18.2 Å². The molecule has 2 aromatic rings. The van der Waals surface area contributed by atoms with Gasteiger partial charge in [0.05, 0.1) is 4.92 Å². The second-order valence-electron chi connectivity index (χ2n) is 7.58. The number of allylic oxidation sites excluding steroid dienone is 3. The SMILES string of the molecule is CC1=C(C(=O)Nc2cccc(F)c2)C(c2cccc([N+](=O)[O-])c2)C2=C(CCCC2=O)N1. The van der Waals surface area contributed by atoms with Crippen molar-refractivity contribution in [1.29, 1.82) is 0 Å². The predicted octanol–water partition coefficient (Wildman–Crippen LogP) is 4.34. The van der Waals surface area contributed by atoms with E-state index in [0.29, 0.717) is 36.1 Å². The highest BCUT2D eigenvalue weighted by molar-refractivity contribution is 6.09. The van der Waals surface area contributed by atoms with E-state index >= 15 is 0 Å². The Morgan fingerprint density at radius 3 is 2.71 bits per heavy atom. The molecule has 1 atom stereocenters. The molecule has 2 aromatic carbocycles. The lowest BCUT2D eigenvalue weighted by Crippen LogP contribution is -2.35. The molecule has 1 unspecified atom stereocenters. The summed E-state index contributed by atoms with van der Waals surface area (Å²) in [6.45, 7) is 1.73. The molecule has 1 amide bonds. The first kappa shape index (κ1) is 20.5. The number of nitrogens with zero attached hydrogens (tertiary/aromatic N) is 1. The Bertz CT molecular complexity index is 1170. The third-order valence-corrected chi connectivity index (χ3v) is 5.52. The second-order valence-corrected chi connectivity index (χ2v) is 7.58. The van der Waals surface area contributed by atoms with Crippen molar-refractivity contribution in [3.63, 3.8) is 0 Å². The van der Waals surface area contributed by atoms with Gasteiger partial charge in [0, 0.05) is 52.7 Å². The molecule has 158 valence electrons. The van der Waals surface area contributed by atoms with E-state index in [4.69, 9.17) is 0 Å². The molecule has 1 heterocycles. The summed E-state index contributed by atoms with van der Waals surface area (Å²) in [5, 5.41) is 17.2. The molecule has 0 saturated carbocycles. The smallest absolute Gasteiger partial charge is 0.269 e. The zero-order valence-electron chi connectivity index (χ0n) is 16.8. The molecule has 0 spiro atoms. The van der Waals surface area contributed by atoms with Crippen LogP contribution in [0.3, 0.4) is 0 Å². The topological polar surface area (TPSA) is 101 Å². The van der Waals surface area contributed by atoms with Crippen LogP contribution >= 0.6 is 0 Å². The Morgan fingerprint density at radius 2 is 1.97 bits per heavy atom. The fourth-order valence-corrected chi connectivity index (χ4v) is 4.20. The standard InChI is InChI=1S/C23H20FN3O4/c1-13-20(23(29)26-16-7-3-6-15(24)12-16)21(14-5-2-8-17(11-14)27(30)31)22-18(25-13)9-4-10-19(22)28/h2-3,5-8,11-12,21,25H,4,9-10H2,1H3,(H,26,29). The maximum absolute atomic E-state index is 13.6. The van der Waals surface area contributed by atoms with Gasteiger partial charge in [0.25, 0.3) is 11.6 Å². The number of hydrogen-bond acceptors (Lipinski definition) is 5. The summed E-state index contributed by atoms with van der Waals surface area (Å²) in [5.41, 5.74) is 2.68. The Balaban J connectivity index is 1.82. The van der Waals surface area contributed by atoms with Crippen LogP contribution in [0.4, 0.5) is 15.8 Å². The van der Waals surface area contributed by atoms with E-state index in [-0.39, 0.29) is 22.7 Å². The molecule has 0 radical (unpaired) electrons. The van der Waals surface area contributed by atoms with Crippen LogP contribution < -0.4 is 10.6 Å². The van der Waals surface area contributed by atoms with E-state index in [1.165, 1.54) is 30.3 Å². The third-order valence-electron chi connectivity index (χ3n) is 5.52. The number of nitro benzene ring substituents is 1. The summed E-state index contributed by atoms with van der Waals surface area (Å²) >= 11 is 0. The molecule has 0 aromatic heterocycles. The fraction of sp³-hybridized carbons (Fsp3) is 0.217. The normalized spacial score (nSPS) is 18.4. The van der Waals surface area contributed by atoms with Gasteiger partial charge < -0.3 is 10.6 Å². The maximum atomic E-state index is 13.6.